The van der Waals surface area contributed by atoms with Crippen LogP contribution in [0.5, 0.6) is 5.75 Å². The lowest BCUT2D eigenvalue weighted by molar-refractivity contribution is -0.128. The number of nitrogens with one attached hydrogen (secondary N) is 1. The fraction of sp³-hybridized carbons (Fsp3) is 0.500. The number of carbonyl (C=O) groups excluding carboxylic acids is 1. The molecule has 106 valence electrons. The number of benzene rings is 1. The van der Waals surface area contributed by atoms with Crippen molar-refractivity contribution in [2.45, 2.75) is 38.9 Å². The van der Waals surface area contributed by atoms with E-state index in [4.69, 9.17) is 4.74 Å². The Morgan fingerprint density at radius 1 is 1.53 bits per heavy atom. The fourth-order valence-corrected chi connectivity index (χ4v) is 1.33. The van der Waals surface area contributed by atoms with E-state index in [1.165, 1.54) is 19.1 Å². The van der Waals surface area contributed by atoms with Crippen molar-refractivity contribution in [3.05, 3.63) is 30.1 Å². The Hall–Kier alpha value is -1.62. The van der Waals surface area contributed by atoms with Gasteiger partial charge in [0.1, 0.15) is 0 Å². The zero-order valence-electron chi connectivity index (χ0n) is 11.4. The van der Waals surface area contributed by atoms with Crippen LogP contribution >= 0.6 is 0 Å². The molecule has 0 aliphatic heterocycles. The van der Waals surface area contributed by atoms with Crippen LogP contribution in [0.25, 0.3) is 0 Å². The van der Waals surface area contributed by atoms with Crippen molar-refractivity contribution >= 4 is 5.91 Å². The molecule has 0 radical (unpaired) electrons. The molecule has 0 aliphatic rings. The summed E-state index contributed by atoms with van der Waals surface area (Å²) in [6.07, 6.45) is -0.305. The topological polar surface area (TPSA) is 58.6 Å². The number of halogens is 1. The second-order valence-corrected chi connectivity index (χ2v) is 4.76. The third-order valence-corrected chi connectivity index (χ3v) is 2.91. The molecule has 1 rings (SSSR count). The average Bonchev–Trinajstić information content (AvgIpc) is 2.38. The van der Waals surface area contributed by atoms with Gasteiger partial charge in [-0.3, -0.25) is 4.79 Å². The van der Waals surface area contributed by atoms with Gasteiger partial charge < -0.3 is 15.2 Å². The van der Waals surface area contributed by atoms with E-state index in [9.17, 15) is 14.3 Å². The number of rotatable bonds is 6. The van der Waals surface area contributed by atoms with Crippen molar-refractivity contribution in [1.29, 1.82) is 0 Å². The van der Waals surface area contributed by atoms with Gasteiger partial charge in [0.25, 0.3) is 5.91 Å². The lowest BCUT2D eigenvalue weighted by Gasteiger charge is -2.23. The Labute approximate surface area is 112 Å². The van der Waals surface area contributed by atoms with E-state index in [2.05, 4.69) is 5.32 Å². The maximum absolute atomic E-state index is 13.3. The molecule has 0 saturated heterocycles. The van der Waals surface area contributed by atoms with Gasteiger partial charge in [0.15, 0.2) is 17.7 Å². The summed E-state index contributed by atoms with van der Waals surface area (Å²) >= 11 is 0. The third-order valence-electron chi connectivity index (χ3n) is 2.91. The fourth-order valence-electron chi connectivity index (χ4n) is 1.33. The first-order valence-electron chi connectivity index (χ1n) is 6.27. The number of hydrogen-bond acceptors (Lipinski definition) is 3. The van der Waals surface area contributed by atoms with E-state index in [0.717, 1.165) is 0 Å². The Morgan fingerprint density at radius 3 is 2.74 bits per heavy atom. The van der Waals surface area contributed by atoms with Gasteiger partial charge in [0, 0.05) is 6.54 Å². The molecule has 0 heterocycles. The normalized spacial score (nSPS) is 15.4. The van der Waals surface area contributed by atoms with Crippen molar-refractivity contribution < 1.29 is 19.0 Å². The first-order valence-corrected chi connectivity index (χ1v) is 6.27. The van der Waals surface area contributed by atoms with E-state index in [-0.39, 0.29) is 12.3 Å². The molecule has 1 aromatic rings. The minimum atomic E-state index is -0.951. The highest BCUT2D eigenvalue weighted by Crippen LogP contribution is 2.17. The summed E-state index contributed by atoms with van der Waals surface area (Å²) < 4.78 is 18.6. The molecule has 4 nitrogen and oxygen atoms in total. The number of hydrogen-bond donors (Lipinski definition) is 2. The molecule has 5 heteroatoms. The summed E-state index contributed by atoms with van der Waals surface area (Å²) in [6.45, 7) is 5.12. The van der Waals surface area contributed by atoms with E-state index >= 15 is 0 Å². The van der Waals surface area contributed by atoms with Crippen LogP contribution in [-0.4, -0.2) is 29.3 Å². The minimum absolute atomic E-state index is 0.0346. The second kappa shape index (κ2) is 6.52. The van der Waals surface area contributed by atoms with Crippen molar-refractivity contribution in [1.82, 2.24) is 5.32 Å². The van der Waals surface area contributed by atoms with Gasteiger partial charge in [-0.1, -0.05) is 19.1 Å². The molecule has 0 fully saturated rings. The molecular formula is C14H20FNO3. The summed E-state index contributed by atoms with van der Waals surface area (Å²) in [4.78, 5) is 11.8. The third kappa shape index (κ3) is 4.87. The van der Waals surface area contributed by atoms with Crippen LogP contribution < -0.4 is 10.1 Å². The largest absolute Gasteiger partial charge is 0.478 e. The lowest BCUT2D eigenvalue weighted by Crippen LogP contribution is -2.44. The van der Waals surface area contributed by atoms with Crippen LogP contribution in [0.1, 0.15) is 27.2 Å². The predicted molar refractivity (Wildman–Crippen MR) is 70.4 cm³/mol. The Bertz CT molecular complexity index is 434. The molecule has 2 atom stereocenters. The Morgan fingerprint density at radius 2 is 2.16 bits per heavy atom. The van der Waals surface area contributed by atoms with Gasteiger partial charge in [-0.05, 0) is 32.4 Å². The van der Waals surface area contributed by atoms with Crippen LogP contribution in [0.2, 0.25) is 0 Å². The van der Waals surface area contributed by atoms with Gasteiger partial charge in [-0.25, -0.2) is 4.39 Å². The molecule has 0 spiro atoms. The van der Waals surface area contributed by atoms with Crippen LogP contribution in [0.3, 0.4) is 0 Å². The molecule has 2 N–H and O–H groups in total. The second-order valence-electron chi connectivity index (χ2n) is 4.76. The highest BCUT2D eigenvalue weighted by molar-refractivity contribution is 5.80. The van der Waals surface area contributed by atoms with Crippen LogP contribution in [0, 0.1) is 5.82 Å². The Balaban J connectivity index is 2.52. The number of aliphatic hydroxyl groups is 1. The van der Waals surface area contributed by atoms with Gasteiger partial charge in [-0.15, -0.1) is 0 Å². The van der Waals surface area contributed by atoms with Crippen LogP contribution in [-0.2, 0) is 4.79 Å². The molecule has 1 amide bonds. The monoisotopic (exact) mass is 269 g/mol. The molecule has 0 aromatic heterocycles. The van der Waals surface area contributed by atoms with Crippen LogP contribution in [0.15, 0.2) is 24.3 Å². The highest BCUT2D eigenvalue weighted by atomic mass is 19.1. The van der Waals surface area contributed by atoms with Gasteiger partial charge in [0.2, 0.25) is 0 Å². The summed E-state index contributed by atoms with van der Waals surface area (Å²) in [5, 5.41) is 12.3. The van der Waals surface area contributed by atoms with E-state index in [0.29, 0.717) is 6.42 Å². The average molecular weight is 269 g/mol. The predicted octanol–water partition coefficient (Wildman–Crippen LogP) is 1.87. The zero-order valence-corrected chi connectivity index (χ0v) is 11.4. The number of ether oxygens (including phenoxy) is 1. The molecule has 1 aromatic carbocycles. The number of amides is 1. The zero-order chi connectivity index (χ0) is 14.5. The molecule has 0 bridgehead atoms. The molecule has 2 unspecified atom stereocenters. The maximum Gasteiger partial charge on any atom is 0.260 e. The van der Waals surface area contributed by atoms with Gasteiger partial charge in [-0.2, -0.15) is 0 Å². The summed E-state index contributed by atoms with van der Waals surface area (Å²) in [5.41, 5.74) is -0.951. The lowest BCUT2D eigenvalue weighted by atomic mass is 10.0. The quantitative estimate of drug-likeness (QED) is 0.829. The molecule has 19 heavy (non-hydrogen) atoms. The smallest absolute Gasteiger partial charge is 0.260 e. The van der Waals surface area contributed by atoms with Crippen molar-refractivity contribution in [3.8, 4) is 5.75 Å². The van der Waals surface area contributed by atoms with E-state index in [1.807, 2.05) is 6.92 Å². The van der Waals surface area contributed by atoms with Crippen molar-refractivity contribution in [2.24, 2.45) is 0 Å². The van der Waals surface area contributed by atoms with E-state index in [1.54, 1.807) is 19.1 Å². The van der Waals surface area contributed by atoms with E-state index < -0.39 is 23.4 Å². The first-order chi connectivity index (χ1) is 8.85. The first kappa shape index (κ1) is 15.4. The Kier molecular flexibility index (Phi) is 5.30. The van der Waals surface area contributed by atoms with Gasteiger partial charge in [0.05, 0.1) is 5.60 Å². The molecular weight excluding hydrogens is 249 g/mol. The van der Waals surface area contributed by atoms with Crippen molar-refractivity contribution in [3.63, 3.8) is 0 Å². The number of carbonyl (C=O) groups is 1. The molecule has 0 saturated carbocycles. The standard InChI is InChI=1S/C14H20FNO3/c1-4-14(3,18)9-16-13(17)10(2)19-12-8-6-5-7-11(12)15/h5-8,10,18H,4,9H2,1-3H3,(H,16,17). The highest BCUT2D eigenvalue weighted by Gasteiger charge is 2.21. The van der Waals surface area contributed by atoms with Crippen molar-refractivity contribution in [2.75, 3.05) is 6.54 Å². The maximum atomic E-state index is 13.3. The molecule has 0 aliphatic carbocycles. The summed E-state index contributed by atoms with van der Waals surface area (Å²) in [6, 6.07) is 5.90. The van der Waals surface area contributed by atoms with Gasteiger partial charge >= 0.3 is 0 Å². The summed E-state index contributed by atoms with van der Waals surface area (Å²) in [5.74, 6) is -0.868. The SMILES string of the molecule is CCC(C)(O)CNC(=O)C(C)Oc1ccccc1F. The minimum Gasteiger partial charge on any atom is -0.478 e. The van der Waals surface area contributed by atoms with Crippen LogP contribution in [0.4, 0.5) is 4.39 Å². The number of para-hydroxylation sites is 1. The summed E-state index contributed by atoms with van der Waals surface area (Å²) in [7, 11) is 0.